The van der Waals surface area contributed by atoms with E-state index >= 15 is 0 Å². The van der Waals surface area contributed by atoms with Crippen molar-refractivity contribution in [2.24, 2.45) is 0 Å². The van der Waals surface area contributed by atoms with Gasteiger partial charge in [-0.25, -0.2) is 9.97 Å². The van der Waals surface area contributed by atoms with E-state index in [1.165, 1.54) is 12.3 Å². The van der Waals surface area contributed by atoms with Gasteiger partial charge in [0.05, 0.1) is 17.3 Å². The van der Waals surface area contributed by atoms with E-state index in [1.807, 2.05) is 0 Å². The van der Waals surface area contributed by atoms with Crippen LogP contribution in [-0.2, 0) is 0 Å². The number of rotatable bonds is 3. The number of hydrogen-bond donors (Lipinski definition) is 1. The molecule has 0 aliphatic rings. The van der Waals surface area contributed by atoms with Gasteiger partial charge in [0.15, 0.2) is 0 Å². The Morgan fingerprint density at radius 3 is 2.65 bits per heavy atom. The van der Waals surface area contributed by atoms with Crippen LogP contribution in [0.2, 0.25) is 5.15 Å². The van der Waals surface area contributed by atoms with Gasteiger partial charge >= 0.3 is 5.69 Å². The Kier molecular flexibility index (Phi) is 3.85. The molecule has 0 unspecified atom stereocenters. The fourth-order valence-electron chi connectivity index (χ4n) is 1.36. The lowest BCUT2D eigenvalue weighted by atomic mass is 10.2. The first-order valence-electron chi connectivity index (χ1n) is 5.20. The summed E-state index contributed by atoms with van der Waals surface area (Å²) in [5.41, 5.74) is -0.628. The number of hydrogen-bond acceptors (Lipinski definition) is 5. The molecule has 9 heteroatoms. The number of carbonyl (C=O) groups is 1. The molecule has 1 aromatic heterocycles. The second kappa shape index (κ2) is 5.57. The maximum Gasteiger partial charge on any atom is 0.304 e. The van der Waals surface area contributed by atoms with Gasteiger partial charge in [0.2, 0.25) is 5.82 Å². The summed E-state index contributed by atoms with van der Waals surface area (Å²) in [4.78, 5) is 28.8. The van der Waals surface area contributed by atoms with Gasteiger partial charge in [-0.3, -0.25) is 14.9 Å². The fraction of sp³-hybridized carbons (Fsp3) is 0. The van der Waals surface area contributed by atoms with Crippen LogP contribution in [0.25, 0.3) is 0 Å². The fourth-order valence-corrected chi connectivity index (χ4v) is 1.45. The quantitative estimate of drug-likeness (QED) is 0.693. The Balaban J connectivity index is 2.18. The van der Waals surface area contributed by atoms with Gasteiger partial charge in [-0.15, -0.1) is 0 Å². The summed E-state index contributed by atoms with van der Waals surface area (Å²) in [6.45, 7) is 0. The van der Waals surface area contributed by atoms with Gasteiger partial charge in [-0.2, -0.15) is 4.39 Å². The monoisotopic (exact) mass is 296 g/mol. The molecular formula is C11H6ClFN4O3. The molecule has 1 amide bonds. The van der Waals surface area contributed by atoms with Crippen molar-refractivity contribution in [1.82, 2.24) is 9.97 Å². The molecule has 1 heterocycles. The van der Waals surface area contributed by atoms with Crippen LogP contribution >= 0.6 is 11.6 Å². The van der Waals surface area contributed by atoms with E-state index in [0.29, 0.717) is 0 Å². The van der Waals surface area contributed by atoms with E-state index in [0.717, 1.165) is 18.3 Å². The summed E-state index contributed by atoms with van der Waals surface area (Å²) in [7, 11) is 0. The molecule has 0 saturated carbocycles. The molecule has 2 aromatic rings. The van der Waals surface area contributed by atoms with Crippen molar-refractivity contribution in [1.29, 1.82) is 0 Å². The summed E-state index contributed by atoms with van der Waals surface area (Å²) < 4.78 is 13.4. The lowest BCUT2D eigenvalue weighted by Crippen LogP contribution is -2.14. The van der Waals surface area contributed by atoms with Crippen molar-refractivity contribution in [3.63, 3.8) is 0 Å². The third-order valence-corrected chi connectivity index (χ3v) is 2.45. The first-order valence-corrected chi connectivity index (χ1v) is 5.58. The van der Waals surface area contributed by atoms with Crippen LogP contribution in [0.3, 0.4) is 0 Å². The molecule has 1 N–H and O–H groups in total. The normalized spacial score (nSPS) is 10.1. The SMILES string of the molecule is O=C(Nc1ccc([N+](=O)[O-])c(F)c1)c1cnc(Cl)cn1. The number of nitrogens with one attached hydrogen (secondary N) is 1. The molecular weight excluding hydrogens is 291 g/mol. The van der Waals surface area contributed by atoms with Crippen LogP contribution in [0.1, 0.15) is 10.5 Å². The van der Waals surface area contributed by atoms with E-state index < -0.39 is 22.3 Å². The second-order valence-corrected chi connectivity index (χ2v) is 3.99. The number of nitro benzene ring substituents is 1. The Morgan fingerprint density at radius 1 is 1.35 bits per heavy atom. The van der Waals surface area contributed by atoms with Gasteiger partial charge in [-0.1, -0.05) is 11.6 Å². The molecule has 0 spiro atoms. The zero-order chi connectivity index (χ0) is 14.7. The molecule has 0 radical (unpaired) electrons. The minimum absolute atomic E-state index is 0.0202. The standard InChI is InChI=1S/C11H6ClFN4O3/c12-10-5-14-8(4-15-10)11(18)16-6-1-2-9(17(19)20)7(13)3-6/h1-5H,(H,16,18). The van der Waals surface area contributed by atoms with Crippen LogP contribution in [-0.4, -0.2) is 20.8 Å². The van der Waals surface area contributed by atoms with Crippen molar-refractivity contribution in [2.75, 3.05) is 5.32 Å². The van der Waals surface area contributed by atoms with E-state index in [2.05, 4.69) is 15.3 Å². The predicted octanol–water partition coefficient (Wildman–Crippen LogP) is 2.43. The summed E-state index contributed by atoms with van der Waals surface area (Å²) in [5, 5.41) is 12.9. The molecule has 2 rings (SSSR count). The van der Waals surface area contributed by atoms with Crippen molar-refractivity contribution in [3.05, 3.63) is 57.4 Å². The third-order valence-electron chi connectivity index (χ3n) is 2.26. The average molecular weight is 297 g/mol. The van der Waals surface area contributed by atoms with E-state index in [1.54, 1.807) is 0 Å². The molecule has 1 aromatic carbocycles. The third kappa shape index (κ3) is 3.04. The Morgan fingerprint density at radius 2 is 2.10 bits per heavy atom. The number of amides is 1. The zero-order valence-corrected chi connectivity index (χ0v) is 10.5. The number of aromatic nitrogens is 2. The molecule has 0 bridgehead atoms. The van der Waals surface area contributed by atoms with Gasteiger partial charge in [-0.05, 0) is 6.07 Å². The van der Waals surface area contributed by atoms with Crippen LogP contribution < -0.4 is 5.32 Å². The highest BCUT2D eigenvalue weighted by atomic mass is 35.5. The molecule has 0 aliphatic heterocycles. The van der Waals surface area contributed by atoms with Crippen molar-refractivity contribution < 1.29 is 14.1 Å². The minimum atomic E-state index is -1.05. The summed E-state index contributed by atoms with van der Waals surface area (Å²) in [5.74, 6) is -1.68. The van der Waals surface area contributed by atoms with E-state index in [-0.39, 0.29) is 16.5 Å². The molecule has 0 atom stereocenters. The molecule has 20 heavy (non-hydrogen) atoms. The van der Waals surface area contributed by atoms with Gasteiger partial charge in [0.25, 0.3) is 5.91 Å². The van der Waals surface area contributed by atoms with Crippen molar-refractivity contribution in [3.8, 4) is 0 Å². The Hall–Kier alpha value is -2.61. The van der Waals surface area contributed by atoms with E-state index in [9.17, 15) is 19.3 Å². The highest BCUT2D eigenvalue weighted by molar-refractivity contribution is 6.29. The number of anilines is 1. The van der Waals surface area contributed by atoms with Crippen molar-refractivity contribution >= 4 is 28.9 Å². The largest absolute Gasteiger partial charge is 0.320 e. The second-order valence-electron chi connectivity index (χ2n) is 3.60. The van der Waals surface area contributed by atoms with Gasteiger partial charge < -0.3 is 5.32 Å². The molecule has 102 valence electrons. The maximum absolute atomic E-state index is 13.4. The Labute approximate surface area is 116 Å². The smallest absolute Gasteiger partial charge is 0.304 e. The summed E-state index contributed by atoms with van der Waals surface area (Å²) in [6.07, 6.45) is 2.34. The van der Waals surface area contributed by atoms with Crippen LogP contribution in [0.5, 0.6) is 0 Å². The maximum atomic E-state index is 13.4. The number of nitrogens with zero attached hydrogens (tertiary/aromatic N) is 3. The predicted molar refractivity (Wildman–Crippen MR) is 68.0 cm³/mol. The van der Waals surface area contributed by atoms with Gasteiger partial charge in [0.1, 0.15) is 10.8 Å². The highest BCUT2D eigenvalue weighted by Crippen LogP contribution is 2.21. The average Bonchev–Trinajstić information content (AvgIpc) is 2.39. The zero-order valence-electron chi connectivity index (χ0n) is 9.71. The topological polar surface area (TPSA) is 98.0 Å². The van der Waals surface area contributed by atoms with E-state index in [4.69, 9.17) is 11.6 Å². The number of carbonyl (C=O) groups excluding carboxylic acids is 1. The number of halogens is 2. The summed E-state index contributed by atoms with van der Waals surface area (Å²) >= 11 is 5.53. The first-order chi connectivity index (χ1) is 9.47. The van der Waals surface area contributed by atoms with Crippen molar-refractivity contribution in [2.45, 2.75) is 0 Å². The first kappa shape index (κ1) is 13.8. The van der Waals surface area contributed by atoms with Crippen LogP contribution in [0.15, 0.2) is 30.6 Å². The van der Waals surface area contributed by atoms with Crippen LogP contribution in [0, 0.1) is 15.9 Å². The molecule has 7 nitrogen and oxygen atoms in total. The molecule has 0 aliphatic carbocycles. The molecule has 0 fully saturated rings. The summed E-state index contributed by atoms with van der Waals surface area (Å²) in [6, 6.07) is 3.01. The number of benzene rings is 1. The number of nitro groups is 1. The Bertz CT molecular complexity index is 678. The molecule has 0 saturated heterocycles. The minimum Gasteiger partial charge on any atom is -0.320 e. The highest BCUT2D eigenvalue weighted by Gasteiger charge is 2.15. The van der Waals surface area contributed by atoms with Gasteiger partial charge in [0, 0.05) is 17.8 Å². The van der Waals surface area contributed by atoms with Crippen LogP contribution in [0.4, 0.5) is 15.8 Å². The lowest BCUT2D eigenvalue weighted by molar-refractivity contribution is -0.387. The lowest BCUT2D eigenvalue weighted by Gasteiger charge is -2.04.